The third kappa shape index (κ3) is 5.16. The van der Waals surface area contributed by atoms with Crippen LogP contribution >= 0.6 is 0 Å². The van der Waals surface area contributed by atoms with Crippen LogP contribution in [0.2, 0.25) is 0 Å². The predicted octanol–water partition coefficient (Wildman–Crippen LogP) is 3.66. The smallest absolute Gasteiger partial charge is 0.243 e. The molecule has 0 aliphatic carbocycles. The molecule has 1 fully saturated rings. The highest BCUT2D eigenvalue weighted by molar-refractivity contribution is 7.89. The van der Waals surface area contributed by atoms with Crippen molar-refractivity contribution < 1.29 is 17.9 Å². The molecule has 1 amide bonds. The number of aryl methyl sites for hydroxylation is 4. The molecule has 9 heteroatoms. The highest BCUT2D eigenvalue weighted by atomic mass is 32.2. The van der Waals surface area contributed by atoms with Gasteiger partial charge in [-0.25, -0.2) is 13.4 Å². The van der Waals surface area contributed by atoms with Crippen molar-refractivity contribution in [1.82, 2.24) is 13.9 Å². The van der Waals surface area contributed by atoms with Crippen LogP contribution in [0.25, 0.3) is 11.0 Å². The van der Waals surface area contributed by atoms with Gasteiger partial charge in [0.25, 0.3) is 0 Å². The van der Waals surface area contributed by atoms with Crippen LogP contribution in [0, 0.1) is 13.8 Å². The molecule has 8 nitrogen and oxygen atoms in total. The molecule has 1 aromatic heterocycles. The van der Waals surface area contributed by atoms with E-state index < -0.39 is 10.0 Å². The highest BCUT2D eigenvalue weighted by Gasteiger charge is 2.27. The van der Waals surface area contributed by atoms with Crippen molar-refractivity contribution in [2.45, 2.75) is 51.5 Å². The quantitative estimate of drug-likeness (QED) is 0.527. The van der Waals surface area contributed by atoms with Crippen LogP contribution in [0.5, 0.6) is 0 Å². The monoisotopic (exact) mass is 484 g/mol. The Balaban J connectivity index is 1.54. The molecular weight excluding hydrogens is 452 g/mol. The Bertz CT molecular complexity index is 1290. The van der Waals surface area contributed by atoms with Gasteiger partial charge in [-0.2, -0.15) is 4.31 Å². The summed E-state index contributed by atoms with van der Waals surface area (Å²) in [4.78, 5) is 17.6. The molecule has 4 rings (SSSR count). The number of benzene rings is 2. The Kier molecular flexibility index (Phi) is 7.35. The molecule has 0 atom stereocenters. The van der Waals surface area contributed by atoms with Gasteiger partial charge < -0.3 is 14.6 Å². The molecule has 1 saturated heterocycles. The Morgan fingerprint density at radius 2 is 1.88 bits per heavy atom. The molecular formula is C25H32N4O4S. The number of ether oxygens (including phenoxy) is 1. The van der Waals surface area contributed by atoms with Crippen molar-refractivity contribution in [2.24, 2.45) is 0 Å². The number of carbonyl (C=O) groups excluding carboxylic acids is 1. The number of aromatic nitrogens is 2. The lowest BCUT2D eigenvalue weighted by molar-refractivity contribution is -0.116. The van der Waals surface area contributed by atoms with Gasteiger partial charge in [0.1, 0.15) is 5.82 Å². The van der Waals surface area contributed by atoms with E-state index in [-0.39, 0.29) is 10.8 Å². The average Bonchev–Trinajstić information content (AvgIpc) is 3.17. The minimum absolute atomic E-state index is 0.0716. The summed E-state index contributed by atoms with van der Waals surface area (Å²) >= 11 is 0. The fourth-order valence-electron chi connectivity index (χ4n) is 4.31. The van der Waals surface area contributed by atoms with E-state index in [0.717, 1.165) is 41.1 Å². The SMILES string of the molecule is CCCn1c(CCC(=O)Nc2ccc(C)cc2C)nc2cc(S(=O)(=O)N3CCOCC3)ccc21. The predicted molar refractivity (Wildman–Crippen MR) is 132 cm³/mol. The van der Waals surface area contributed by atoms with Gasteiger partial charge in [-0.3, -0.25) is 4.79 Å². The van der Waals surface area contributed by atoms with Gasteiger partial charge in [-0.05, 0) is 50.1 Å². The number of sulfonamides is 1. The number of nitrogens with zero attached hydrogens (tertiary/aromatic N) is 3. The number of anilines is 1. The zero-order valence-corrected chi connectivity index (χ0v) is 20.8. The number of hydrogen-bond donors (Lipinski definition) is 1. The van der Waals surface area contributed by atoms with Crippen molar-refractivity contribution in [3.8, 4) is 0 Å². The largest absolute Gasteiger partial charge is 0.379 e. The van der Waals surface area contributed by atoms with Crippen LogP contribution in [-0.2, 0) is 32.5 Å². The summed E-state index contributed by atoms with van der Waals surface area (Å²) < 4.78 is 35.0. The van der Waals surface area contributed by atoms with Crippen LogP contribution in [-0.4, -0.2) is 54.5 Å². The molecule has 1 N–H and O–H groups in total. The number of rotatable bonds is 8. The minimum Gasteiger partial charge on any atom is -0.379 e. The molecule has 0 saturated carbocycles. The summed E-state index contributed by atoms with van der Waals surface area (Å²) in [6.45, 7) is 8.35. The molecule has 0 spiro atoms. The third-order valence-corrected chi connectivity index (χ3v) is 7.98. The molecule has 2 heterocycles. The van der Waals surface area contributed by atoms with E-state index >= 15 is 0 Å². The summed E-state index contributed by atoms with van der Waals surface area (Å²) in [5.41, 5.74) is 4.51. The Hall–Kier alpha value is -2.75. The van der Waals surface area contributed by atoms with E-state index in [0.29, 0.717) is 44.7 Å². The van der Waals surface area contributed by atoms with E-state index in [1.54, 1.807) is 12.1 Å². The van der Waals surface area contributed by atoms with Crippen molar-refractivity contribution in [3.63, 3.8) is 0 Å². The van der Waals surface area contributed by atoms with Gasteiger partial charge in [0.15, 0.2) is 0 Å². The van der Waals surface area contributed by atoms with Gasteiger partial charge in [0.05, 0.1) is 29.1 Å². The second kappa shape index (κ2) is 10.2. The van der Waals surface area contributed by atoms with Crippen molar-refractivity contribution in [3.05, 3.63) is 53.3 Å². The molecule has 0 bridgehead atoms. The number of morpholine rings is 1. The lowest BCUT2D eigenvalue weighted by Crippen LogP contribution is -2.40. The summed E-state index contributed by atoms with van der Waals surface area (Å²) in [5.74, 6) is 0.714. The second-order valence-corrected chi connectivity index (χ2v) is 10.7. The molecule has 1 aliphatic heterocycles. The van der Waals surface area contributed by atoms with Crippen LogP contribution in [0.1, 0.15) is 36.7 Å². The first kappa shape index (κ1) is 24.4. The zero-order valence-electron chi connectivity index (χ0n) is 20.0. The van der Waals surface area contributed by atoms with Gasteiger partial charge >= 0.3 is 0 Å². The minimum atomic E-state index is -3.60. The van der Waals surface area contributed by atoms with Gasteiger partial charge in [0, 0.05) is 38.2 Å². The maximum Gasteiger partial charge on any atom is 0.243 e. The topological polar surface area (TPSA) is 93.5 Å². The number of amides is 1. The van der Waals surface area contributed by atoms with Crippen molar-refractivity contribution >= 4 is 32.7 Å². The number of hydrogen-bond acceptors (Lipinski definition) is 5. The Labute approximate surface area is 201 Å². The fraction of sp³-hybridized carbons (Fsp3) is 0.440. The van der Waals surface area contributed by atoms with Crippen LogP contribution < -0.4 is 5.32 Å². The lowest BCUT2D eigenvalue weighted by atomic mass is 10.1. The molecule has 182 valence electrons. The molecule has 2 aromatic carbocycles. The molecule has 3 aromatic rings. The maximum absolute atomic E-state index is 13.1. The van der Waals surface area contributed by atoms with Crippen molar-refractivity contribution in [2.75, 3.05) is 31.6 Å². The first-order valence-corrected chi connectivity index (χ1v) is 13.2. The third-order valence-electron chi connectivity index (χ3n) is 6.09. The number of imidazole rings is 1. The fourth-order valence-corrected chi connectivity index (χ4v) is 5.74. The first-order valence-electron chi connectivity index (χ1n) is 11.7. The molecule has 34 heavy (non-hydrogen) atoms. The first-order chi connectivity index (χ1) is 16.3. The average molecular weight is 485 g/mol. The summed E-state index contributed by atoms with van der Waals surface area (Å²) in [5, 5.41) is 2.99. The van der Waals surface area contributed by atoms with E-state index in [9.17, 15) is 13.2 Å². The zero-order chi connectivity index (χ0) is 24.3. The standard InChI is InChI=1S/C25H32N4O4S/c1-4-11-29-23-8-6-20(34(31,32)28-12-14-33-15-13-28)17-22(23)26-24(29)9-10-25(30)27-21-7-5-18(2)16-19(21)3/h5-8,16-17H,4,9-15H2,1-3H3,(H,27,30). The Morgan fingerprint density at radius 3 is 2.59 bits per heavy atom. The highest BCUT2D eigenvalue weighted by Crippen LogP contribution is 2.25. The summed E-state index contributed by atoms with van der Waals surface area (Å²) in [7, 11) is -3.60. The van der Waals surface area contributed by atoms with Crippen LogP contribution in [0.4, 0.5) is 5.69 Å². The molecule has 0 unspecified atom stereocenters. The summed E-state index contributed by atoms with van der Waals surface area (Å²) in [6.07, 6.45) is 1.66. The number of fused-ring (bicyclic) bond motifs is 1. The van der Waals surface area contributed by atoms with Gasteiger partial charge in [-0.1, -0.05) is 24.6 Å². The number of nitrogens with one attached hydrogen (secondary N) is 1. The van der Waals surface area contributed by atoms with Crippen LogP contribution in [0.15, 0.2) is 41.3 Å². The normalized spacial score (nSPS) is 15.0. The molecule has 0 radical (unpaired) electrons. The maximum atomic E-state index is 13.1. The van der Waals surface area contributed by atoms with E-state index in [1.165, 1.54) is 4.31 Å². The van der Waals surface area contributed by atoms with Crippen LogP contribution in [0.3, 0.4) is 0 Å². The lowest BCUT2D eigenvalue weighted by Gasteiger charge is -2.26. The second-order valence-electron chi connectivity index (χ2n) is 8.71. The van der Waals surface area contributed by atoms with Crippen molar-refractivity contribution in [1.29, 1.82) is 0 Å². The van der Waals surface area contributed by atoms with E-state index in [1.807, 2.05) is 38.1 Å². The Morgan fingerprint density at radius 1 is 1.12 bits per heavy atom. The van der Waals surface area contributed by atoms with Gasteiger partial charge in [0.2, 0.25) is 15.9 Å². The van der Waals surface area contributed by atoms with Gasteiger partial charge in [-0.15, -0.1) is 0 Å². The van der Waals surface area contributed by atoms with E-state index in [2.05, 4.69) is 16.8 Å². The summed E-state index contributed by atoms with van der Waals surface area (Å²) in [6, 6.07) is 11.1. The molecule has 1 aliphatic rings. The number of carbonyl (C=O) groups is 1. The van der Waals surface area contributed by atoms with E-state index in [4.69, 9.17) is 9.72 Å².